The summed E-state index contributed by atoms with van der Waals surface area (Å²) in [5.74, 6) is -0.233. The number of hydrogen-bond donors (Lipinski definition) is 1. The van der Waals surface area contributed by atoms with Crippen LogP contribution in [-0.2, 0) is 9.84 Å². The van der Waals surface area contributed by atoms with E-state index >= 15 is 0 Å². The van der Waals surface area contributed by atoms with Gasteiger partial charge in [0, 0.05) is 5.56 Å². The zero-order valence-electron chi connectivity index (χ0n) is 10.5. The summed E-state index contributed by atoms with van der Waals surface area (Å²) in [5.41, 5.74) is 0.194. The molecule has 1 N–H and O–H groups in total. The minimum Gasteiger partial charge on any atom is -0.346 e. The van der Waals surface area contributed by atoms with Gasteiger partial charge in [0.05, 0.1) is 28.7 Å². The number of nitrogens with one attached hydrogen (secondary N) is 1. The summed E-state index contributed by atoms with van der Waals surface area (Å²) in [6, 6.07) is 8.20. The van der Waals surface area contributed by atoms with Gasteiger partial charge in [-0.05, 0) is 37.6 Å². The lowest BCUT2D eigenvalue weighted by molar-refractivity contribution is 0.0915. The second-order valence-corrected chi connectivity index (χ2v) is 7.23. The summed E-state index contributed by atoms with van der Waals surface area (Å²) in [5, 5.41) is 11.4. The van der Waals surface area contributed by atoms with E-state index in [1.54, 1.807) is 31.2 Å². The third-order valence-corrected chi connectivity index (χ3v) is 5.10. The number of sulfone groups is 1. The molecule has 0 aliphatic carbocycles. The summed E-state index contributed by atoms with van der Waals surface area (Å²) in [6.07, 6.45) is 0.428. The molecule has 1 unspecified atom stereocenters. The molecule has 0 radical (unpaired) electrons. The maximum Gasteiger partial charge on any atom is 0.251 e. The maximum absolute atomic E-state index is 12.0. The Morgan fingerprint density at radius 3 is 2.47 bits per heavy atom. The van der Waals surface area contributed by atoms with E-state index in [0.717, 1.165) is 0 Å². The van der Waals surface area contributed by atoms with Crippen molar-refractivity contribution in [1.82, 2.24) is 5.32 Å². The molecule has 6 heteroatoms. The van der Waals surface area contributed by atoms with Gasteiger partial charge in [0.2, 0.25) is 0 Å². The Bertz CT molecular complexity index is 643. The van der Waals surface area contributed by atoms with Crippen LogP contribution in [0.1, 0.15) is 29.3 Å². The lowest BCUT2D eigenvalue weighted by Gasteiger charge is -2.23. The van der Waals surface area contributed by atoms with E-state index in [9.17, 15) is 13.2 Å². The van der Waals surface area contributed by atoms with Crippen molar-refractivity contribution in [3.05, 3.63) is 35.4 Å². The smallest absolute Gasteiger partial charge is 0.251 e. The van der Waals surface area contributed by atoms with E-state index in [1.807, 2.05) is 6.07 Å². The number of carbonyl (C=O) groups excluding carboxylic acids is 1. The Hall–Kier alpha value is -1.87. The molecule has 1 fully saturated rings. The van der Waals surface area contributed by atoms with E-state index < -0.39 is 15.4 Å². The Labute approximate surface area is 112 Å². The van der Waals surface area contributed by atoms with Crippen molar-refractivity contribution in [3.63, 3.8) is 0 Å². The van der Waals surface area contributed by atoms with E-state index in [1.165, 1.54) is 0 Å². The third kappa shape index (κ3) is 3.12. The second kappa shape index (κ2) is 4.67. The van der Waals surface area contributed by atoms with E-state index in [-0.39, 0.29) is 17.4 Å². The molecular weight excluding hydrogens is 264 g/mol. The highest BCUT2D eigenvalue weighted by molar-refractivity contribution is 7.91. The van der Waals surface area contributed by atoms with Crippen molar-refractivity contribution >= 4 is 15.7 Å². The predicted molar refractivity (Wildman–Crippen MR) is 70.3 cm³/mol. The van der Waals surface area contributed by atoms with Gasteiger partial charge < -0.3 is 5.32 Å². The quantitative estimate of drug-likeness (QED) is 0.869. The van der Waals surface area contributed by atoms with Crippen molar-refractivity contribution in [2.45, 2.75) is 18.9 Å². The highest BCUT2D eigenvalue weighted by Crippen LogP contribution is 2.23. The van der Waals surface area contributed by atoms with Crippen molar-refractivity contribution in [3.8, 4) is 6.07 Å². The lowest BCUT2D eigenvalue weighted by atomic mass is 10.0. The van der Waals surface area contributed by atoms with Gasteiger partial charge in [-0.25, -0.2) is 8.42 Å². The average molecular weight is 278 g/mol. The number of hydrogen-bond acceptors (Lipinski definition) is 4. The van der Waals surface area contributed by atoms with Crippen LogP contribution in [0.15, 0.2) is 24.3 Å². The Morgan fingerprint density at radius 1 is 1.37 bits per heavy atom. The fraction of sp³-hybridized carbons (Fsp3) is 0.385. The van der Waals surface area contributed by atoms with Crippen LogP contribution in [0, 0.1) is 11.3 Å². The SMILES string of the molecule is CC1(NC(=O)c2ccc(C#N)cc2)CCS(=O)(=O)C1. The maximum atomic E-state index is 12.0. The van der Waals surface area contributed by atoms with Crippen molar-refractivity contribution in [2.75, 3.05) is 11.5 Å². The van der Waals surface area contributed by atoms with E-state index in [4.69, 9.17) is 5.26 Å². The second-order valence-electron chi connectivity index (χ2n) is 5.05. The molecule has 1 heterocycles. The Kier molecular flexibility index (Phi) is 3.33. The fourth-order valence-electron chi connectivity index (χ4n) is 2.15. The normalized spacial score (nSPS) is 24.6. The molecule has 1 aromatic rings. The number of carbonyl (C=O) groups is 1. The van der Waals surface area contributed by atoms with Gasteiger partial charge in [0.15, 0.2) is 9.84 Å². The molecule has 100 valence electrons. The van der Waals surface area contributed by atoms with Crippen LogP contribution in [0.25, 0.3) is 0 Å². The highest BCUT2D eigenvalue weighted by Gasteiger charge is 2.39. The zero-order chi connectivity index (χ0) is 14.1. The number of nitriles is 1. The monoisotopic (exact) mass is 278 g/mol. The molecule has 0 saturated carbocycles. The number of nitrogens with zero attached hydrogens (tertiary/aromatic N) is 1. The predicted octanol–water partition coefficient (Wildman–Crippen LogP) is 0.865. The first kappa shape index (κ1) is 13.6. The minimum absolute atomic E-state index is 0.0258. The Balaban J connectivity index is 2.11. The standard InChI is InChI=1S/C13H14N2O3S/c1-13(6-7-19(17,18)9-13)15-12(16)11-4-2-10(8-14)3-5-11/h2-5H,6-7,9H2,1H3,(H,15,16). The number of amides is 1. The molecule has 1 amide bonds. The van der Waals surface area contributed by atoms with Gasteiger partial charge in [-0.1, -0.05) is 0 Å². The third-order valence-electron chi connectivity index (χ3n) is 3.19. The molecule has 2 rings (SSSR count). The molecule has 1 aliphatic rings. The summed E-state index contributed by atoms with van der Waals surface area (Å²) in [4.78, 5) is 12.0. The zero-order valence-corrected chi connectivity index (χ0v) is 11.3. The lowest BCUT2D eigenvalue weighted by Crippen LogP contribution is -2.46. The average Bonchev–Trinajstić information content (AvgIpc) is 2.63. The van der Waals surface area contributed by atoms with Gasteiger partial charge >= 0.3 is 0 Å². The van der Waals surface area contributed by atoms with Gasteiger partial charge in [-0.15, -0.1) is 0 Å². The van der Waals surface area contributed by atoms with Gasteiger partial charge in [0.25, 0.3) is 5.91 Å². The Morgan fingerprint density at radius 2 is 2.00 bits per heavy atom. The topological polar surface area (TPSA) is 87.0 Å². The van der Waals surface area contributed by atoms with Crippen molar-refractivity contribution < 1.29 is 13.2 Å². The molecule has 1 aliphatic heterocycles. The highest BCUT2D eigenvalue weighted by atomic mass is 32.2. The minimum atomic E-state index is -3.05. The van der Waals surface area contributed by atoms with Crippen LogP contribution in [-0.4, -0.2) is 31.4 Å². The van der Waals surface area contributed by atoms with Crippen LogP contribution in [0.4, 0.5) is 0 Å². The molecule has 0 bridgehead atoms. The van der Waals surface area contributed by atoms with Crippen LogP contribution >= 0.6 is 0 Å². The molecule has 5 nitrogen and oxygen atoms in total. The van der Waals surface area contributed by atoms with E-state index in [2.05, 4.69) is 5.32 Å². The van der Waals surface area contributed by atoms with Gasteiger partial charge in [-0.2, -0.15) is 5.26 Å². The first-order chi connectivity index (χ1) is 8.84. The summed E-state index contributed by atoms with van der Waals surface area (Å²) in [7, 11) is -3.05. The first-order valence-corrected chi connectivity index (χ1v) is 7.69. The molecule has 0 aromatic heterocycles. The molecular formula is C13H14N2O3S. The summed E-state index contributed by atoms with van der Waals surface area (Å²) in [6.45, 7) is 1.74. The fourth-order valence-corrected chi connectivity index (χ4v) is 4.24. The van der Waals surface area contributed by atoms with Gasteiger partial charge in [-0.3, -0.25) is 4.79 Å². The summed E-state index contributed by atoms with van der Waals surface area (Å²) >= 11 is 0. The summed E-state index contributed by atoms with van der Waals surface area (Å²) < 4.78 is 22.9. The van der Waals surface area contributed by atoms with Crippen molar-refractivity contribution in [2.24, 2.45) is 0 Å². The molecule has 1 saturated heterocycles. The molecule has 1 atom stereocenters. The van der Waals surface area contributed by atoms with E-state index in [0.29, 0.717) is 17.5 Å². The molecule has 1 aromatic carbocycles. The van der Waals surface area contributed by atoms with Crippen LogP contribution < -0.4 is 5.32 Å². The van der Waals surface area contributed by atoms with Crippen LogP contribution in [0.5, 0.6) is 0 Å². The van der Waals surface area contributed by atoms with Crippen molar-refractivity contribution in [1.29, 1.82) is 5.26 Å². The van der Waals surface area contributed by atoms with Gasteiger partial charge in [0.1, 0.15) is 0 Å². The van der Waals surface area contributed by atoms with Crippen LogP contribution in [0.3, 0.4) is 0 Å². The molecule has 19 heavy (non-hydrogen) atoms. The van der Waals surface area contributed by atoms with Crippen LogP contribution in [0.2, 0.25) is 0 Å². The molecule has 0 spiro atoms. The first-order valence-electron chi connectivity index (χ1n) is 5.87. The largest absolute Gasteiger partial charge is 0.346 e. The number of benzene rings is 1. The number of rotatable bonds is 2.